The maximum Gasteiger partial charge on any atom is 0.136 e. The number of hydrogen-bond donors (Lipinski definition) is 0. The summed E-state index contributed by atoms with van der Waals surface area (Å²) in [4.78, 5) is 1.25. The predicted octanol–water partition coefficient (Wildman–Crippen LogP) is 4.66. The van der Waals surface area contributed by atoms with Crippen molar-refractivity contribution in [2.24, 2.45) is 0 Å². The Labute approximate surface area is 125 Å². The van der Waals surface area contributed by atoms with Gasteiger partial charge in [0.05, 0.1) is 15.7 Å². The topological polar surface area (TPSA) is 30.2 Å². The molecule has 1 heterocycles. The molecule has 108 valence electrons. The van der Waals surface area contributed by atoms with Crippen LogP contribution in [0.1, 0.15) is 16.9 Å². The molecule has 2 aromatic carbocycles. The second kappa shape index (κ2) is 5.11. The Kier molecular flexibility index (Phi) is 3.41. The fourth-order valence-electron chi connectivity index (χ4n) is 2.59. The Bertz CT molecular complexity index is 847. The summed E-state index contributed by atoms with van der Waals surface area (Å²) in [5, 5.41) is 0.890. The number of hydrogen-bond acceptors (Lipinski definition) is 2. The molecule has 0 amide bonds. The number of halogens is 1. The molecule has 0 aliphatic heterocycles. The molecule has 21 heavy (non-hydrogen) atoms. The average Bonchev–Trinajstić information content (AvgIpc) is 2.75. The minimum Gasteiger partial charge on any atom is -0.460 e. The first-order chi connectivity index (χ1) is 9.97. The van der Waals surface area contributed by atoms with E-state index in [-0.39, 0.29) is 5.82 Å². The highest BCUT2D eigenvalue weighted by atomic mass is 32.2. The molecule has 0 spiro atoms. The van der Waals surface area contributed by atoms with Crippen LogP contribution in [0.3, 0.4) is 0 Å². The van der Waals surface area contributed by atoms with Crippen molar-refractivity contribution in [1.29, 1.82) is 0 Å². The summed E-state index contributed by atoms with van der Waals surface area (Å²) in [6, 6.07) is 9.73. The van der Waals surface area contributed by atoms with E-state index in [9.17, 15) is 8.60 Å². The van der Waals surface area contributed by atoms with E-state index in [2.05, 4.69) is 0 Å². The van der Waals surface area contributed by atoms with Gasteiger partial charge in [-0.2, -0.15) is 0 Å². The number of benzene rings is 2. The maximum absolute atomic E-state index is 13.0. The molecule has 2 nitrogen and oxygen atoms in total. The molecule has 0 unspecified atom stereocenters. The molecule has 1 atom stereocenters. The predicted molar refractivity (Wildman–Crippen MR) is 81.5 cm³/mol. The van der Waals surface area contributed by atoms with E-state index in [4.69, 9.17) is 4.42 Å². The van der Waals surface area contributed by atoms with Gasteiger partial charge in [-0.1, -0.05) is 6.07 Å². The molecule has 0 saturated carbocycles. The Morgan fingerprint density at radius 3 is 2.38 bits per heavy atom. The lowest BCUT2D eigenvalue weighted by Gasteiger charge is -2.04. The lowest BCUT2D eigenvalue weighted by atomic mass is 10.1. The first kappa shape index (κ1) is 14.0. The zero-order valence-electron chi connectivity index (χ0n) is 12.1. The van der Waals surface area contributed by atoms with Crippen molar-refractivity contribution in [1.82, 2.24) is 0 Å². The van der Waals surface area contributed by atoms with E-state index >= 15 is 0 Å². The third-order valence-electron chi connectivity index (χ3n) is 3.47. The average molecular weight is 302 g/mol. The fourth-order valence-corrected chi connectivity index (χ4v) is 3.96. The summed E-state index contributed by atoms with van der Waals surface area (Å²) in [5.41, 5.74) is 2.88. The summed E-state index contributed by atoms with van der Waals surface area (Å²) in [6.45, 7) is 5.79. The summed E-state index contributed by atoms with van der Waals surface area (Å²) >= 11 is 0. The van der Waals surface area contributed by atoms with Gasteiger partial charge in [0, 0.05) is 10.3 Å². The monoisotopic (exact) mass is 302 g/mol. The van der Waals surface area contributed by atoms with E-state index in [1.165, 1.54) is 12.1 Å². The second-order valence-corrected chi connectivity index (χ2v) is 6.58. The van der Waals surface area contributed by atoms with Crippen molar-refractivity contribution in [2.75, 3.05) is 0 Å². The van der Waals surface area contributed by atoms with Gasteiger partial charge in [0.1, 0.15) is 17.2 Å². The van der Waals surface area contributed by atoms with Crippen molar-refractivity contribution >= 4 is 21.8 Å². The highest BCUT2D eigenvalue weighted by molar-refractivity contribution is 7.85. The van der Waals surface area contributed by atoms with Crippen LogP contribution in [0.2, 0.25) is 0 Å². The third kappa shape index (κ3) is 2.40. The van der Waals surface area contributed by atoms with Gasteiger partial charge in [-0.05, 0) is 62.2 Å². The molecule has 0 aliphatic carbocycles. The molecule has 0 fully saturated rings. The number of rotatable bonds is 2. The Balaban J connectivity index is 2.22. The van der Waals surface area contributed by atoms with Gasteiger partial charge in [-0.25, -0.2) is 8.60 Å². The van der Waals surface area contributed by atoms with Crippen LogP contribution in [-0.4, -0.2) is 4.21 Å². The molecule has 3 aromatic rings. The summed E-state index contributed by atoms with van der Waals surface area (Å²) in [5.74, 6) is 0.303. The molecule has 3 rings (SSSR count). The molecule has 4 heteroatoms. The van der Waals surface area contributed by atoms with E-state index in [0.29, 0.717) is 15.6 Å². The molecule has 0 N–H and O–H groups in total. The first-order valence-corrected chi connectivity index (χ1v) is 7.80. The van der Waals surface area contributed by atoms with Crippen LogP contribution in [0, 0.1) is 26.6 Å². The highest BCUT2D eigenvalue weighted by Crippen LogP contribution is 2.34. The molecular formula is C17H15FO2S. The molecular weight excluding hydrogens is 287 g/mol. The molecule has 0 radical (unpaired) electrons. The van der Waals surface area contributed by atoms with Gasteiger partial charge in [0.25, 0.3) is 0 Å². The Morgan fingerprint density at radius 2 is 1.71 bits per heavy atom. The summed E-state index contributed by atoms with van der Waals surface area (Å²) in [6.07, 6.45) is 0. The smallest absolute Gasteiger partial charge is 0.136 e. The number of fused-ring (bicyclic) bond motifs is 1. The minimum atomic E-state index is -1.39. The Morgan fingerprint density at radius 1 is 1.05 bits per heavy atom. The van der Waals surface area contributed by atoms with Crippen molar-refractivity contribution in [3.05, 3.63) is 59.1 Å². The second-order valence-electron chi connectivity index (χ2n) is 5.16. The quantitative estimate of drug-likeness (QED) is 0.689. The lowest BCUT2D eigenvalue weighted by molar-refractivity contribution is 0.566. The van der Waals surface area contributed by atoms with Crippen LogP contribution in [0.15, 0.2) is 50.6 Å². The first-order valence-electron chi connectivity index (χ1n) is 6.65. The number of furan rings is 1. The lowest BCUT2D eigenvalue weighted by Crippen LogP contribution is -1.95. The largest absolute Gasteiger partial charge is 0.460 e. The van der Waals surface area contributed by atoms with Gasteiger partial charge < -0.3 is 4.42 Å². The van der Waals surface area contributed by atoms with E-state index in [1.54, 1.807) is 12.1 Å². The van der Waals surface area contributed by atoms with Crippen LogP contribution in [0.4, 0.5) is 4.39 Å². The minimum absolute atomic E-state index is 0.337. The molecule has 1 aromatic heterocycles. The zero-order valence-corrected chi connectivity index (χ0v) is 12.9. The van der Waals surface area contributed by atoms with Gasteiger partial charge >= 0.3 is 0 Å². The molecule has 0 saturated heterocycles. The zero-order chi connectivity index (χ0) is 15.1. The normalized spacial score (nSPS) is 12.8. The van der Waals surface area contributed by atoms with Gasteiger partial charge in [0.15, 0.2) is 0 Å². The van der Waals surface area contributed by atoms with Gasteiger partial charge in [0.2, 0.25) is 0 Å². The van der Waals surface area contributed by atoms with Crippen LogP contribution in [0.5, 0.6) is 0 Å². The maximum atomic E-state index is 13.0. The van der Waals surface area contributed by atoms with Crippen molar-refractivity contribution in [3.63, 3.8) is 0 Å². The fraction of sp³-hybridized carbons (Fsp3) is 0.176. The van der Waals surface area contributed by atoms with Crippen LogP contribution in [-0.2, 0) is 10.8 Å². The van der Waals surface area contributed by atoms with Crippen LogP contribution >= 0.6 is 0 Å². The van der Waals surface area contributed by atoms with Crippen molar-refractivity contribution in [3.8, 4) is 0 Å². The van der Waals surface area contributed by atoms with Gasteiger partial charge in [-0.3, -0.25) is 0 Å². The Hall–Kier alpha value is -1.94. The highest BCUT2D eigenvalue weighted by Gasteiger charge is 2.20. The summed E-state index contributed by atoms with van der Waals surface area (Å²) < 4.78 is 31.6. The standard InChI is InChI=1S/C17H15FO2S/c1-10-8-11(2)16-15(9-10)20-12(3)17(16)21(19)14-6-4-13(18)5-7-14/h4-9H,1-3H3/t21-/m1/s1. The van der Waals surface area contributed by atoms with Crippen LogP contribution in [0.25, 0.3) is 11.0 Å². The van der Waals surface area contributed by atoms with Crippen molar-refractivity contribution < 1.29 is 13.0 Å². The van der Waals surface area contributed by atoms with Crippen molar-refractivity contribution in [2.45, 2.75) is 30.6 Å². The SMILES string of the molecule is Cc1cc(C)c2c([S@](=O)c3ccc(F)cc3)c(C)oc2c1. The van der Waals surface area contributed by atoms with E-state index < -0.39 is 10.8 Å². The summed E-state index contributed by atoms with van der Waals surface area (Å²) in [7, 11) is -1.39. The number of aryl methyl sites for hydroxylation is 3. The van der Waals surface area contributed by atoms with E-state index in [1.807, 2.05) is 32.9 Å². The van der Waals surface area contributed by atoms with Crippen LogP contribution < -0.4 is 0 Å². The van der Waals surface area contributed by atoms with E-state index in [0.717, 1.165) is 22.1 Å². The van der Waals surface area contributed by atoms with Gasteiger partial charge in [-0.15, -0.1) is 0 Å². The molecule has 0 aliphatic rings. The molecule has 0 bridgehead atoms. The third-order valence-corrected chi connectivity index (χ3v) is 5.03.